The molecule has 0 saturated carbocycles. The van der Waals surface area contributed by atoms with Gasteiger partial charge in [0, 0.05) is 25.7 Å². The van der Waals surface area contributed by atoms with Gasteiger partial charge in [0.25, 0.3) is 0 Å². The molecule has 0 aliphatic rings. The molecular weight excluding hydrogens is 1320 g/mol. The van der Waals surface area contributed by atoms with Crippen LogP contribution in [0.2, 0.25) is 0 Å². The molecule has 0 bridgehead atoms. The van der Waals surface area contributed by atoms with Crippen molar-refractivity contribution < 1.29 is 80.2 Å². The van der Waals surface area contributed by atoms with Crippen LogP contribution in [0.25, 0.3) is 0 Å². The van der Waals surface area contributed by atoms with Gasteiger partial charge in [0.1, 0.15) is 19.3 Å². The van der Waals surface area contributed by atoms with E-state index in [0.29, 0.717) is 25.7 Å². The van der Waals surface area contributed by atoms with E-state index < -0.39 is 97.5 Å². The fourth-order valence-corrected chi connectivity index (χ4v) is 14.2. The molecular formula is C82H160O17P2. The second kappa shape index (κ2) is 72.3. The second-order valence-electron chi connectivity index (χ2n) is 30.5. The molecule has 0 aromatic rings. The van der Waals surface area contributed by atoms with Gasteiger partial charge in [0.05, 0.1) is 26.4 Å². The maximum absolute atomic E-state index is 13.1. The summed E-state index contributed by atoms with van der Waals surface area (Å²) in [5.74, 6) is 0.339. The molecule has 4 unspecified atom stereocenters. The second-order valence-corrected chi connectivity index (χ2v) is 33.4. The molecule has 0 fully saturated rings. The summed E-state index contributed by atoms with van der Waals surface area (Å²) in [6.45, 7) is 12.0. The standard InChI is InChI=1S/C82H160O17P2/c1-8-11-12-13-14-42-49-56-63-79(84)92-69-77(99-82(87)66-59-52-45-38-37-41-48-55-62-75(7)10-3)71-96-100(88,89)94-67-76(83)68-95-101(90,91)97-72-78(70-93-80(85)64-57-50-43-35-31-27-23-20-19-21-25-29-33-39-46-53-60-73(4)5)98-81(86)65-58-51-44-36-32-28-24-18-16-15-17-22-26-30-34-40-47-54-61-74(6)9-2/h73-78,83H,8-72H2,1-7H3,(H,88,89)(H,90,91)/t74?,75?,76-,77+,78+/m0/s1. The monoisotopic (exact) mass is 1480 g/mol. The van der Waals surface area contributed by atoms with Gasteiger partial charge in [-0.05, 0) is 43.4 Å². The quantitative estimate of drug-likeness (QED) is 0.0222. The average molecular weight is 1480 g/mol. The van der Waals surface area contributed by atoms with Crippen molar-refractivity contribution >= 4 is 39.5 Å². The topological polar surface area (TPSA) is 237 Å². The Morgan fingerprint density at radius 1 is 0.287 bits per heavy atom. The van der Waals surface area contributed by atoms with Crippen molar-refractivity contribution in [2.75, 3.05) is 39.6 Å². The average Bonchev–Trinajstić information content (AvgIpc) is 0.986. The van der Waals surface area contributed by atoms with Crippen LogP contribution in [-0.4, -0.2) is 96.7 Å². The van der Waals surface area contributed by atoms with Crippen LogP contribution in [0.15, 0.2) is 0 Å². The Labute approximate surface area is 619 Å². The van der Waals surface area contributed by atoms with Crippen LogP contribution in [0.5, 0.6) is 0 Å². The highest BCUT2D eigenvalue weighted by atomic mass is 31.2. The van der Waals surface area contributed by atoms with Gasteiger partial charge in [-0.2, -0.15) is 0 Å². The first-order valence-corrected chi connectivity index (χ1v) is 45.4. The summed E-state index contributed by atoms with van der Waals surface area (Å²) in [5.41, 5.74) is 0. The number of esters is 4. The number of hydrogen-bond acceptors (Lipinski definition) is 15. The summed E-state index contributed by atoms with van der Waals surface area (Å²) in [7, 11) is -9.92. The number of unbranched alkanes of at least 4 members (excludes halogenated alkanes) is 46. The molecule has 0 aromatic carbocycles. The third-order valence-corrected chi connectivity index (χ3v) is 21.8. The van der Waals surface area contributed by atoms with Gasteiger partial charge in [-0.15, -0.1) is 0 Å². The lowest BCUT2D eigenvalue weighted by molar-refractivity contribution is -0.161. The van der Waals surface area contributed by atoms with Crippen LogP contribution in [0, 0.1) is 17.8 Å². The summed E-state index contributed by atoms with van der Waals surface area (Å²) in [6.07, 6.45) is 61.2. The molecule has 0 radical (unpaired) electrons. The van der Waals surface area contributed by atoms with E-state index >= 15 is 0 Å². The van der Waals surface area contributed by atoms with E-state index in [4.69, 9.17) is 37.0 Å². The van der Waals surface area contributed by atoms with Crippen LogP contribution in [-0.2, 0) is 65.4 Å². The lowest BCUT2D eigenvalue weighted by Gasteiger charge is -2.21. The van der Waals surface area contributed by atoms with Crippen molar-refractivity contribution in [2.24, 2.45) is 17.8 Å². The molecule has 600 valence electrons. The zero-order valence-electron chi connectivity index (χ0n) is 66.4. The minimum Gasteiger partial charge on any atom is -0.462 e. The number of carbonyl (C=O) groups excluding carboxylic acids is 4. The summed E-state index contributed by atoms with van der Waals surface area (Å²) < 4.78 is 68.6. The maximum Gasteiger partial charge on any atom is 0.472 e. The predicted octanol–water partition coefficient (Wildman–Crippen LogP) is 24.5. The van der Waals surface area contributed by atoms with E-state index in [2.05, 4.69) is 48.5 Å². The molecule has 17 nitrogen and oxygen atoms in total. The van der Waals surface area contributed by atoms with Crippen molar-refractivity contribution in [1.82, 2.24) is 0 Å². The predicted molar refractivity (Wildman–Crippen MR) is 414 cm³/mol. The number of phosphoric acid groups is 2. The molecule has 0 heterocycles. The van der Waals surface area contributed by atoms with Crippen molar-refractivity contribution in [1.29, 1.82) is 0 Å². The molecule has 0 amide bonds. The molecule has 101 heavy (non-hydrogen) atoms. The Morgan fingerprint density at radius 3 is 0.752 bits per heavy atom. The van der Waals surface area contributed by atoms with Crippen molar-refractivity contribution in [2.45, 2.75) is 446 Å². The lowest BCUT2D eigenvalue weighted by atomic mass is 9.99. The number of phosphoric ester groups is 2. The molecule has 19 heteroatoms. The third-order valence-electron chi connectivity index (χ3n) is 19.9. The Hall–Kier alpha value is -1.94. The first-order valence-electron chi connectivity index (χ1n) is 42.4. The third kappa shape index (κ3) is 73.4. The fourth-order valence-electron chi connectivity index (χ4n) is 12.6. The van der Waals surface area contributed by atoms with Crippen LogP contribution < -0.4 is 0 Å². The summed E-state index contributed by atoms with van der Waals surface area (Å²) in [4.78, 5) is 72.9. The zero-order valence-corrected chi connectivity index (χ0v) is 68.2. The largest absolute Gasteiger partial charge is 0.472 e. The first kappa shape index (κ1) is 99.1. The molecule has 7 atom stereocenters. The van der Waals surface area contributed by atoms with Crippen LogP contribution in [0.1, 0.15) is 427 Å². The van der Waals surface area contributed by atoms with Gasteiger partial charge in [-0.1, -0.05) is 376 Å². The van der Waals surface area contributed by atoms with Gasteiger partial charge in [-0.3, -0.25) is 37.3 Å². The van der Waals surface area contributed by atoms with Gasteiger partial charge in [0.2, 0.25) is 0 Å². The fraction of sp³-hybridized carbons (Fsp3) is 0.951. The minimum atomic E-state index is -4.96. The van der Waals surface area contributed by atoms with Crippen molar-refractivity contribution in [3.63, 3.8) is 0 Å². The highest BCUT2D eigenvalue weighted by Crippen LogP contribution is 2.45. The Bertz CT molecular complexity index is 1960. The van der Waals surface area contributed by atoms with E-state index in [-0.39, 0.29) is 25.7 Å². The Balaban J connectivity index is 5.18. The number of carbonyl (C=O) groups is 4. The molecule has 0 aromatic heterocycles. The normalized spacial score (nSPS) is 14.5. The van der Waals surface area contributed by atoms with Gasteiger partial charge in [0.15, 0.2) is 12.2 Å². The first-order chi connectivity index (χ1) is 48.8. The number of ether oxygens (including phenoxy) is 4. The van der Waals surface area contributed by atoms with Crippen molar-refractivity contribution in [3.05, 3.63) is 0 Å². The minimum absolute atomic E-state index is 0.105. The number of rotatable bonds is 80. The van der Waals surface area contributed by atoms with Gasteiger partial charge in [-0.25, -0.2) is 9.13 Å². The van der Waals surface area contributed by atoms with Crippen molar-refractivity contribution in [3.8, 4) is 0 Å². The van der Waals surface area contributed by atoms with Crippen LogP contribution in [0.4, 0.5) is 0 Å². The Morgan fingerprint density at radius 2 is 0.505 bits per heavy atom. The lowest BCUT2D eigenvalue weighted by Crippen LogP contribution is -2.30. The number of aliphatic hydroxyl groups excluding tert-OH is 1. The van der Waals surface area contributed by atoms with E-state index in [9.17, 15) is 43.2 Å². The van der Waals surface area contributed by atoms with Crippen LogP contribution in [0.3, 0.4) is 0 Å². The SMILES string of the molecule is CCCCCCCCCCC(=O)OC[C@H](COP(=O)(O)OC[C@H](O)COP(=O)(O)OC[C@@H](COC(=O)CCCCCCCCCCCCCCCCCCC(C)C)OC(=O)CCCCCCCCCCCCCCCCCCCCC(C)CC)OC(=O)CCCCCCCCCCC(C)CC. The molecule has 0 saturated heterocycles. The van der Waals surface area contributed by atoms with Crippen LogP contribution >= 0.6 is 15.6 Å². The Kier molecular flexibility index (Phi) is 70.9. The molecule has 0 aliphatic carbocycles. The number of hydrogen-bond donors (Lipinski definition) is 3. The highest BCUT2D eigenvalue weighted by molar-refractivity contribution is 7.47. The summed E-state index contributed by atoms with van der Waals surface area (Å²) >= 11 is 0. The summed E-state index contributed by atoms with van der Waals surface area (Å²) in [5, 5.41) is 10.6. The van der Waals surface area contributed by atoms with Gasteiger partial charge >= 0.3 is 39.5 Å². The highest BCUT2D eigenvalue weighted by Gasteiger charge is 2.30. The smallest absolute Gasteiger partial charge is 0.462 e. The number of aliphatic hydroxyl groups is 1. The van der Waals surface area contributed by atoms with Gasteiger partial charge < -0.3 is 33.8 Å². The van der Waals surface area contributed by atoms with E-state index in [1.54, 1.807) is 0 Å². The van der Waals surface area contributed by atoms with E-state index in [1.165, 1.54) is 231 Å². The molecule has 0 rings (SSSR count). The molecule has 0 spiro atoms. The van der Waals surface area contributed by atoms with E-state index in [1.807, 2.05) is 0 Å². The maximum atomic E-state index is 13.1. The molecule has 3 N–H and O–H groups in total. The summed E-state index contributed by atoms with van der Waals surface area (Å²) in [6, 6.07) is 0. The van der Waals surface area contributed by atoms with E-state index in [0.717, 1.165) is 114 Å². The molecule has 0 aliphatic heterocycles. The zero-order chi connectivity index (χ0) is 74.4.